The lowest BCUT2D eigenvalue weighted by molar-refractivity contribution is -0.137. The molecule has 5 rings (SSSR count). The van der Waals surface area contributed by atoms with Gasteiger partial charge in [-0.1, -0.05) is 43.7 Å². The zero-order valence-corrected chi connectivity index (χ0v) is 23.9. The van der Waals surface area contributed by atoms with Crippen molar-refractivity contribution in [3.05, 3.63) is 65.7 Å². The third-order valence-electron chi connectivity index (χ3n) is 9.63. The molecule has 3 fully saturated rings. The van der Waals surface area contributed by atoms with E-state index in [0.717, 1.165) is 94.6 Å². The second-order valence-corrected chi connectivity index (χ2v) is 12.2. The highest BCUT2D eigenvalue weighted by atomic mass is 19.4. The molecule has 5 nitrogen and oxygen atoms in total. The summed E-state index contributed by atoms with van der Waals surface area (Å²) in [4.78, 5) is 17.2. The number of amides is 1. The van der Waals surface area contributed by atoms with Crippen molar-refractivity contribution in [3.8, 4) is 6.07 Å². The Hall–Kier alpha value is -3.05. The number of carbonyl (C=O) groups excluding carboxylic acids is 1. The van der Waals surface area contributed by atoms with E-state index >= 15 is 0 Å². The van der Waals surface area contributed by atoms with Crippen molar-refractivity contribution >= 4 is 11.6 Å². The third kappa shape index (κ3) is 6.25. The highest BCUT2D eigenvalue weighted by Gasteiger charge is 2.52. The van der Waals surface area contributed by atoms with Crippen LogP contribution in [0.15, 0.2) is 54.6 Å². The average molecular weight is 567 g/mol. The number of nitrogens with one attached hydrogen (secondary N) is 1. The number of nitriles is 1. The normalized spacial score (nSPS) is 23.9. The van der Waals surface area contributed by atoms with Gasteiger partial charge in [-0.3, -0.25) is 4.79 Å². The van der Waals surface area contributed by atoms with Crippen molar-refractivity contribution in [2.45, 2.75) is 69.5 Å². The van der Waals surface area contributed by atoms with Crippen LogP contribution < -0.4 is 10.2 Å². The molecule has 1 aliphatic carbocycles. The molecule has 1 saturated carbocycles. The summed E-state index contributed by atoms with van der Waals surface area (Å²) in [6.45, 7) is 6.53. The number of hydrogen-bond acceptors (Lipinski definition) is 4. The van der Waals surface area contributed by atoms with E-state index < -0.39 is 17.2 Å². The van der Waals surface area contributed by atoms with Crippen molar-refractivity contribution < 1.29 is 18.0 Å². The van der Waals surface area contributed by atoms with Gasteiger partial charge in [0, 0.05) is 49.6 Å². The van der Waals surface area contributed by atoms with Gasteiger partial charge >= 0.3 is 6.18 Å². The van der Waals surface area contributed by atoms with Crippen molar-refractivity contribution in [2.24, 2.45) is 17.8 Å². The summed E-state index contributed by atoms with van der Waals surface area (Å²) < 4.78 is 38.7. The van der Waals surface area contributed by atoms with Crippen molar-refractivity contribution in [3.63, 3.8) is 0 Å². The summed E-state index contributed by atoms with van der Waals surface area (Å²) in [5.74, 6) is 0.877. The van der Waals surface area contributed by atoms with Crippen LogP contribution in [0, 0.1) is 29.1 Å². The van der Waals surface area contributed by atoms with E-state index in [9.17, 15) is 23.2 Å². The number of anilines is 1. The first-order valence-corrected chi connectivity index (χ1v) is 15.1. The molecule has 0 bridgehead atoms. The minimum absolute atomic E-state index is 0.0260. The van der Waals surface area contributed by atoms with Gasteiger partial charge in [0.2, 0.25) is 5.91 Å². The molecule has 0 aromatic heterocycles. The highest BCUT2D eigenvalue weighted by Crippen LogP contribution is 2.50. The number of hydrogen-bond donors (Lipinski definition) is 1. The van der Waals surface area contributed by atoms with Crippen molar-refractivity contribution in [1.82, 2.24) is 10.2 Å². The molecule has 2 aromatic rings. The van der Waals surface area contributed by atoms with E-state index in [1.165, 1.54) is 0 Å². The lowest BCUT2D eigenvalue weighted by atomic mass is 9.59. The minimum Gasteiger partial charge on any atom is -0.371 e. The first-order valence-electron chi connectivity index (χ1n) is 15.1. The molecule has 2 aromatic carbocycles. The maximum absolute atomic E-state index is 12.9. The van der Waals surface area contributed by atoms with E-state index in [-0.39, 0.29) is 23.8 Å². The number of nitrogens with zero attached hydrogens (tertiary/aromatic N) is 3. The van der Waals surface area contributed by atoms with Crippen LogP contribution in [0.25, 0.3) is 0 Å². The molecule has 2 heterocycles. The molecule has 2 aliphatic heterocycles. The summed E-state index contributed by atoms with van der Waals surface area (Å²) in [7, 11) is 0. The number of carbonyl (C=O) groups is 1. The molecule has 3 aliphatic rings. The lowest BCUT2D eigenvalue weighted by Crippen LogP contribution is -2.55. The number of alkyl halides is 3. The number of likely N-dealkylation sites (tertiary alicyclic amines) is 1. The zero-order chi connectivity index (χ0) is 29.0. The molecule has 41 heavy (non-hydrogen) atoms. The quantitative estimate of drug-likeness (QED) is 0.382. The van der Waals surface area contributed by atoms with Gasteiger partial charge in [0.05, 0.1) is 17.0 Å². The minimum atomic E-state index is -4.31. The third-order valence-corrected chi connectivity index (χ3v) is 9.63. The standard InChI is InChI=1S/C33H41F3N4O/c1-2-7-31(41)38-30-11-6-10-29(30)32(23-37,25-8-4-3-5-9-25)26-16-18-39(19-17-26)20-24-21-40(22-24)28-14-12-27(13-15-28)33(34,35)36/h3-5,8-9,12-15,24,26,29-30H,2,6-7,10-11,16-22H2,1H3,(H,38,41)/t29-,30-,32?/m0/s1. The molecule has 220 valence electrons. The summed E-state index contributed by atoms with van der Waals surface area (Å²) >= 11 is 0. The van der Waals surface area contributed by atoms with Crippen LogP contribution in [-0.2, 0) is 16.4 Å². The van der Waals surface area contributed by atoms with E-state index in [0.29, 0.717) is 12.3 Å². The lowest BCUT2D eigenvalue weighted by Gasteiger charge is -2.48. The van der Waals surface area contributed by atoms with Gasteiger partial charge in [-0.15, -0.1) is 0 Å². The second kappa shape index (κ2) is 12.4. The second-order valence-electron chi connectivity index (χ2n) is 12.2. The Balaban J connectivity index is 1.22. The molecule has 8 heteroatoms. The van der Waals surface area contributed by atoms with Crippen LogP contribution in [0.5, 0.6) is 0 Å². The molecule has 1 amide bonds. The van der Waals surface area contributed by atoms with Gasteiger partial charge in [0.25, 0.3) is 0 Å². The Labute approximate surface area is 241 Å². The predicted molar refractivity (Wildman–Crippen MR) is 154 cm³/mol. The summed E-state index contributed by atoms with van der Waals surface area (Å²) in [6.07, 6.45) is 1.78. The molecule has 0 radical (unpaired) electrons. The predicted octanol–water partition coefficient (Wildman–Crippen LogP) is 6.40. The SMILES string of the molecule is CCCC(=O)N[C@H]1CCC[C@@H]1C(C#N)(c1ccccc1)C1CCN(CC2CN(c3ccc(C(F)(F)F)cc3)C2)CC1. The fraction of sp³-hybridized carbons (Fsp3) is 0.576. The summed E-state index contributed by atoms with van der Waals surface area (Å²) in [6, 6.07) is 18.6. The van der Waals surface area contributed by atoms with E-state index in [1.54, 1.807) is 12.1 Å². The average Bonchev–Trinajstić information content (AvgIpc) is 3.40. The number of benzene rings is 2. The Morgan fingerprint density at radius 1 is 0.976 bits per heavy atom. The maximum atomic E-state index is 12.9. The van der Waals surface area contributed by atoms with E-state index in [2.05, 4.69) is 33.3 Å². The molecule has 1 N–H and O–H groups in total. The Morgan fingerprint density at radius 3 is 2.27 bits per heavy atom. The Morgan fingerprint density at radius 2 is 1.66 bits per heavy atom. The van der Waals surface area contributed by atoms with Crippen LogP contribution in [0.1, 0.15) is 63.0 Å². The fourth-order valence-electron chi connectivity index (χ4n) is 7.58. The van der Waals surface area contributed by atoms with E-state index in [1.807, 2.05) is 25.1 Å². The largest absolute Gasteiger partial charge is 0.416 e. The Bertz CT molecular complexity index is 1200. The first-order chi connectivity index (χ1) is 19.7. The van der Waals surface area contributed by atoms with Gasteiger partial charge in [-0.2, -0.15) is 18.4 Å². The van der Waals surface area contributed by atoms with Gasteiger partial charge in [0.1, 0.15) is 0 Å². The van der Waals surface area contributed by atoms with Crippen LogP contribution >= 0.6 is 0 Å². The van der Waals surface area contributed by atoms with Gasteiger partial charge in [-0.05, 0) is 80.9 Å². The van der Waals surface area contributed by atoms with Gasteiger partial charge < -0.3 is 15.1 Å². The number of piperidine rings is 1. The molecule has 3 atom stereocenters. The van der Waals surface area contributed by atoms with Crippen LogP contribution in [0.3, 0.4) is 0 Å². The summed E-state index contributed by atoms with van der Waals surface area (Å²) in [5, 5.41) is 14.2. The number of halogens is 3. The molecule has 0 spiro atoms. The highest BCUT2D eigenvalue weighted by molar-refractivity contribution is 5.76. The maximum Gasteiger partial charge on any atom is 0.416 e. The molecular weight excluding hydrogens is 525 g/mol. The van der Waals surface area contributed by atoms with Crippen LogP contribution in [0.4, 0.5) is 18.9 Å². The molecule has 1 unspecified atom stereocenters. The smallest absolute Gasteiger partial charge is 0.371 e. The first kappa shape index (κ1) is 29.4. The molecular formula is C33H41F3N4O. The topological polar surface area (TPSA) is 59.4 Å². The number of rotatable bonds is 9. The Kier molecular flexibility index (Phi) is 8.94. The fourth-order valence-corrected chi connectivity index (χ4v) is 7.58. The van der Waals surface area contributed by atoms with Gasteiger partial charge in [0.15, 0.2) is 0 Å². The molecule has 2 saturated heterocycles. The zero-order valence-electron chi connectivity index (χ0n) is 23.9. The van der Waals surface area contributed by atoms with E-state index in [4.69, 9.17) is 0 Å². The van der Waals surface area contributed by atoms with Crippen LogP contribution in [0.2, 0.25) is 0 Å². The van der Waals surface area contributed by atoms with Gasteiger partial charge in [-0.25, -0.2) is 0 Å². The monoisotopic (exact) mass is 566 g/mol. The van der Waals surface area contributed by atoms with Crippen molar-refractivity contribution in [1.29, 1.82) is 5.26 Å². The van der Waals surface area contributed by atoms with Crippen molar-refractivity contribution in [2.75, 3.05) is 37.6 Å². The van der Waals surface area contributed by atoms with Crippen LogP contribution in [-0.4, -0.2) is 49.6 Å². The summed E-state index contributed by atoms with van der Waals surface area (Å²) in [5.41, 5.74) is 0.669.